The first-order valence-corrected chi connectivity index (χ1v) is 12.0. The Labute approximate surface area is 206 Å². The second-order valence-electron chi connectivity index (χ2n) is 11.7. The highest BCUT2D eigenvalue weighted by Gasteiger charge is 2.43. The van der Waals surface area contributed by atoms with Gasteiger partial charge in [-0.3, -0.25) is 9.59 Å². The fraction of sp³-hybridized carbons (Fsp3) is 0.667. The predicted octanol–water partition coefficient (Wildman–Crippen LogP) is 5.19. The van der Waals surface area contributed by atoms with Crippen molar-refractivity contribution in [3.05, 3.63) is 34.9 Å². The van der Waals surface area contributed by atoms with Crippen LogP contribution in [0.4, 0.5) is 4.79 Å². The zero-order valence-corrected chi connectivity index (χ0v) is 23.2. The van der Waals surface area contributed by atoms with Crippen LogP contribution >= 0.6 is 0 Å². The van der Waals surface area contributed by atoms with E-state index in [9.17, 15) is 14.4 Å². The zero-order chi connectivity index (χ0) is 26.6. The molecule has 1 aromatic carbocycles. The number of carbonyl (C=O) groups excluding carboxylic acids is 3. The molecule has 3 amide bonds. The molecule has 0 aliphatic carbocycles. The lowest BCUT2D eigenvalue weighted by Gasteiger charge is -2.45. The van der Waals surface area contributed by atoms with Crippen molar-refractivity contribution in [1.29, 1.82) is 0 Å². The average Bonchev–Trinajstić information content (AvgIpc) is 2.64. The molecular weight excluding hydrogens is 430 g/mol. The molecule has 0 fully saturated rings. The maximum absolute atomic E-state index is 13.9. The van der Waals surface area contributed by atoms with Crippen LogP contribution in [0.1, 0.15) is 98.4 Å². The molecule has 0 radical (unpaired) electrons. The first-order valence-electron chi connectivity index (χ1n) is 12.0. The molecule has 0 aromatic heterocycles. The van der Waals surface area contributed by atoms with E-state index in [0.717, 1.165) is 16.7 Å². The molecule has 34 heavy (non-hydrogen) atoms. The molecule has 2 atom stereocenters. The number of hydrogen-bond donors (Lipinski definition) is 2. The highest BCUT2D eigenvalue weighted by atomic mass is 16.6. The normalized spacial score (nSPS) is 14.1. The van der Waals surface area contributed by atoms with Crippen LogP contribution in [0.25, 0.3) is 0 Å². The van der Waals surface area contributed by atoms with Gasteiger partial charge in [-0.1, -0.05) is 30.7 Å². The van der Waals surface area contributed by atoms with Crippen molar-refractivity contribution in [3.8, 4) is 0 Å². The van der Waals surface area contributed by atoms with E-state index in [4.69, 9.17) is 4.74 Å². The molecule has 0 aliphatic heterocycles. The molecule has 0 saturated heterocycles. The van der Waals surface area contributed by atoms with Crippen LogP contribution < -0.4 is 10.6 Å². The minimum Gasteiger partial charge on any atom is -0.444 e. The van der Waals surface area contributed by atoms with Crippen molar-refractivity contribution in [2.45, 2.75) is 118 Å². The molecule has 0 spiro atoms. The fourth-order valence-electron chi connectivity index (χ4n) is 3.59. The second-order valence-corrected chi connectivity index (χ2v) is 11.7. The number of rotatable bonds is 7. The van der Waals surface area contributed by atoms with E-state index < -0.39 is 34.9 Å². The smallest absolute Gasteiger partial charge is 0.408 e. The molecule has 1 aromatic rings. The molecule has 0 aliphatic rings. The van der Waals surface area contributed by atoms with Crippen LogP contribution in [0, 0.1) is 13.8 Å². The van der Waals surface area contributed by atoms with E-state index in [-0.39, 0.29) is 11.8 Å². The molecule has 2 N–H and O–H groups in total. The number of aryl methyl sites for hydroxylation is 2. The molecule has 7 heteroatoms. The molecule has 0 saturated carbocycles. The van der Waals surface area contributed by atoms with Gasteiger partial charge in [0.1, 0.15) is 17.7 Å². The highest BCUT2D eigenvalue weighted by molar-refractivity contribution is 5.93. The maximum Gasteiger partial charge on any atom is 0.408 e. The largest absolute Gasteiger partial charge is 0.444 e. The Hall–Kier alpha value is -2.57. The second kappa shape index (κ2) is 10.8. The number of alkyl carbamates (subject to hydrolysis) is 1. The van der Waals surface area contributed by atoms with Gasteiger partial charge in [0, 0.05) is 11.1 Å². The van der Waals surface area contributed by atoms with Gasteiger partial charge in [-0.2, -0.15) is 0 Å². The van der Waals surface area contributed by atoms with Gasteiger partial charge >= 0.3 is 6.09 Å². The molecule has 7 nitrogen and oxygen atoms in total. The van der Waals surface area contributed by atoms with Gasteiger partial charge in [-0.05, 0) is 93.7 Å². The predicted molar refractivity (Wildman–Crippen MR) is 137 cm³/mol. The van der Waals surface area contributed by atoms with Crippen molar-refractivity contribution in [1.82, 2.24) is 15.5 Å². The van der Waals surface area contributed by atoms with Crippen molar-refractivity contribution in [3.63, 3.8) is 0 Å². The van der Waals surface area contributed by atoms with Crippen molar-refractivity contribution in [2.24, 2.45) is 0 Å². The summed E-state index contributed by atoms with van der Waals surface area (Å²) in [7, 11) is 0. The van der Waals surface area contributed by atoms with E-state index in [0.29, 0.717) is 6.42 Å². The Balaban J connectivity index is 3.60. The van der Waals surface area contributed by atoms with Crippen molar-refractivity contribution >= 4 is 17.9 Å². The monoisotopic (exact) mass is 475 g/mol. The Morgan fingerprint density at radius 3 is 2.03 bits per heavy atom. The lowest BCUT2D eigenvalue weighted by Crippen LogP contribution is -2.59. The fourth-order valence-corrected chi connectivity index (χ4v) is 3.59. The third-order valence-electron chi connectivity index (χ3n) is 5.59. The Morgan fingerprint density at radius 2 is 1.56 bits per heavy atom. The summed E-state index contributed by atoms with van der Waals surface area (Å²) in [6.45, 7) is 22.4. The maximum atomic E-state index is 13.9. The quantitative estimate of drug-likeness (QED) is 0.568. The van der Waals surface area contributed by atoms with E-state index in [1.807, 2.05) is 73.6 Å². The number of amides is 3. The lowest BCUT2D eigenvalue weighted by atomic mass is 9.89. The van der Waals surface area contributed by atoms with Gasteiger partial charge < -0.3 is 20.3 Å². The Morgan fingerprint density at radius 1 is 1.00 bits per heavy atom. The number of nitrogens with one attached hydrogen (secondary N) is 2. The number of nitrogens with zero attached hydrogens (tertiary/aromatic N) is 1. The number of benzene rings is 1. The van der Waals surface area contributed by atoms with Gasteiger partial charge in [-0.15, -0.1) is 0 Å². The first kappa shape index (κ1) is 29.5. The van der Waals surface area contributed by atoms with Crippen molar-refractivity contribution < 1.29 is 19.1 Å². The highest BCUT2D eigenvalue weighted by Crippen LogP contribution is 2.34. The Kier molecular flexibility index (Phi) is 9.35. The topological polar surface area (TPSA) is 87.7 Å². The molecule has 0 heterocycles. The summed E-state index contributed by atoms with van der Waals surface area (Å²) in [5.74, 6) is -0.617. The third kappa shape index (κ3) is 8.33. The minimum atomic E-state index is -0.893. The summed E-state index contributed by atoms with van der Waals surface area (Å²) < 4.78 is 5.34. The number of hydrogen-bond acceptors (Lipinski definition) is 4. The summed E-state index contributed by atoms with van der Waals surface area (Å²) in [5.41, 5.74) is 0.826. The van der Waals surface area contributed by atoms with Crippen LogP contribution in [-0.4, -0.2) is 45.5 Å². The standard InChI is InChI=1S/C27H45N3O4/c1-13-27(11,12)30(23(32)19(4)28-24(33)34-26(8,9)10)21(22(31)29-25(5,6)7)20-16-17(2)14-15-18(20)3/h14-16,19,21H,13H2,1-12H3,(H,28,33)(H,29,31). The minimum absolute atomic E-state index is 0.263. The summed E-state index contributed by atoms with van der Waals surface area (Å²) in [6.07, 6.45) is -0.0627. The molecule has 0 bridgehead atoms. The first-order chi connectivity index (χ1) is 15.3. The lowest BCUT2D eigenvalue weighted by molar-refractivity contribution is -0.149. The summed E-state index contributed by atoms with van der Waals surface area (Å²) in [4.78, 5) is 41.7. The van der Waals surface area contributed by atoms with E-state index in [2.05, 4.69) is 10.6 Å². The third-order valence-corrected chi connectivity index (χ3v) is 5.59. The summed E-state index contributed by atoms with van der Waals surface area (Å²) in [6, 6.07) is 4.15. The molecule has 1 rings (SSSR count). The molecule has 2 unspecified atom stereocenters. The van der Waals surface area contributed by atoms with Crippen LogP contribution in [-0.2, 0) is 14.3 Å². The van der Waals surface area contributed by atoms with E-state index in [1.54, 1.807) is 32.6 Å². The average molecular weight is 476 g/mol. The van der Waals surface area contributed by atoms with Gasteiger partial charge in [0.2, 0.25) is 11.8 Å². The molecular formula is C27H45N3O4. The zero-order valence-electron chi connectivity index (χ0n) is 23.2. The van der Waals surface area contributed by atoms with Crippen molar-refractivity contribution in [2.75, 3.05) is 0 Å². The number of ether oxygens (including phenoxy) is 1. The van der Waals surface area contributed by atoms with Crippen LogP contribution in [0.5, 0.6) is 0 Å². The van der Waals surface area contributed by atoms with Crippen LogP contribution in [0.3, 0.4) is 0 Å². The number of carbonyl (C=O) groups is 3. The van der Waals surface area contributed by atoms with E-state index >= 15 is 0 Å². The molecule has 192 valence electrons. The van der Waals surface area contributed by atoms with Gasteiger partial charge in [0.15, 0.2) is 0 Å². The van der Waals surface area contributed by atoms with Gasteiger partial charge in [0.25, 0.3) is 0 Å². The SMILES string of the molecule is CCC(C)(C)N(C(=O)C(C)NC(=O)OC(C)(C)C)C(C(=O)NC(C)(C)C)c1cc(C)ccc1C. The van der Waals surface area contributed by atoms with Gasteiger partial charge in [-0.25, -0.2) is 4.79 Å². The van der Waals surface area contributed by atoms with Crippen LogP contribution in [0.15, 0.2) is 18.2 Å². The van der Waals surface area contributed by atoms with E-state index in [1.165, 1.54) is 0 Å². The Bertz CT molecular complexity index is 894. The van der Waals surface area contributed by atoms with Gasteiger partial charge in [0.05, 0.1) is 0 Å². The summed E-state index contributed by atoms with van der Waals surface area (Å²) >= 11 is 0. The van der Waals surface area contributed by atoms with Crippen LogP contribution in [0.2, 0.25) is 0 Å². The summed E-state index contributed by atoms with van der Waals surface area (Å²) in [5, 5.41) is 5.71.